The Hall–Kier alpha value is -1.71. The Morgan fingerprint density at radius 2 is 1.50 bits per heavy atom. The number of hydrogen-bond acceptors (Lipinski definition) is 3. The second-order valence-electron chi connectivity index (χ2n) is 4.55. The number of hydrogen-bond donors (Lipinski definition) is 1. The Labute approximate surface area is 123 Å². The minimum Gasteiger partial charge on any atom is -0.491 e. The van der Waals surface area contributed by atoms with Gasteiger partial charge in [-0.2, -0.15) is 0 Å². The number of ether oxygens (including phenoxy) is 2. The zero-order valence-electron chi connectivity index (χ0n) is 11.3. The fourth-order valence-electron chi connectivity index (χ4n) is 1.60. The van der Waals surface area contributed by atoms with Gasteiger partial charge in [-0.25, -0.2) is 0 Å². The summed E-state index contributed by atoms with van der Waals surface area (Å²) in [5.41, 5.74) is 1.05. The Bertz CT molecular complexity index is 520. The van der Waals surface area contributed by atoms with E-state index in [0.29, 0.717) is 18.2 Å². The van der Waals surface area contributed by atoms with Crippen LogP contribution >= 0.6 is 11.6 Å². The van der Waals surface area contributed by atoms with Crippen molar-refractivity contribution in [3.63, 3.8) is 0 Å². The Morgan fingerprint density at radius 3 is 2.10 bits per heavy atom. The van der Waals surface area contributed by atoms with E-state index in [1.54, 1.807) is 19.1 Å². The zero-order valence-corrected chi connectivity index (χ0v) is 12.0. The molecule has 0 saturated carbocycles. The smallest absolute Gasteiger partial charge is 0.119 e. The van der Waals surface area contributed by atoms with Crippen LogP contribution in [0.4, 0.5) is 0 Å². The molecule has 0 aliphatic carbocycles. The number of benzene rings is 2. The molecule has 2 rings (SSSR count). The van der Waals surface area contributed by atoms with E-state index in [1.165, 1.54) is 0 Å². The van der Waals surface area contributed by atoms with Crippen LogP contribution in [0.15, 0.2) is 48.5 Å². The van der Waals surface area contributed by atoms with Crippen molar-refractivity contribution in [2.45, 2.75) is 19.6 Å². The quantitative estimate of drug-likeness (QED) is 0.883. The van der Waals surface area contributed by atoms with Gasteiger partial charge >= 0.3 is 0 Å². The molecule has 0 amide bonds. The van der Waals surface area contributed by atoms with E-state index in [9.17, 15) is 0 Å². The molecule has 0 saturated heterocycles. The van der Waals surface area contributed by atoms with Crippen LogP contribution in [0, 0.1) is 0 Å². The summed E-state index contributed by atoms with van der Waals surface area (Å²) in [5.74, 6) is 1.52. The molecule has 3 nitrogen and oxygen atoms in total. The van der Waals surface area contributed by atoms with Gasteiger partial charge < -0.3 is 14.6 Å². The molecule has 2 aromatic rings. The van der Waals surface area contributed by atoms with Gasteiger partial charge in [-0.3, -0.25) is 0 Å². The molecule has 2 aromatic carbocycles. The summed E-state index contributed by atoms with van der Waals surface area (Å²) in [5, 5.41) is 9.84. The molecule has 4 heteroatoms. The zero-order chi connectivity index (χ0) is 14.4. The van der Waals surface area contributed by atoms with E-state index in [0.717, 1.165) is 17.1 Å². The van der Waals surface area contributed by atoms with Crippen molar-refractivity contribution >= 4 is 11.6 Å². The van der Waals surface area contributed by atoms with Gasteiger partial charge in [0.25, 0.3) is 0 Å². The van der Waals surface area contributed by atoms with Crippen molar-refractivity contribution in [3.05, 3.63) is 59.1 Å². The van der Waals surface area contributed by atoms with Crippen LogP contribution in [0.3, 0.4) is 0 Å². The van der Waals surface area contributed by atoms with Crippen LogP contribution in [0.1, 0.15) is 12.5 Å². The van der Waals surface area contributed by atoms with Crippen LogP contribution in [0.25, 0.3) is 0 Å². The molecule has 1 unspecified atom stereocenters. The molecule has 106 valence electrons. The van der Waals surface area contributed by atoms with Crippen LogP contribution in [-0.4, -0.2) is 17.8 Å². The first kappa shape index (κ1) is 14.7. The van der Waals surface area contributed by atoms with E-state index in [-0.39, 0.29) is 0 Å². The average Bonchev–Trinajstić information content (AvgIpc) is 2.45. The maximum absolute atomic E-state index is 9.14. The number of aliphatic hydroxyl groups is 1. The maximum atomic E-state index is 9.14. The summed E-state index contributed by atoms with van der Waals surface area (Å²) in [6.45, 7) is 2.47. The predicted octanol–water partition coefficient (Wildman–Crippen LogP) is 3.68. The summed E-state index contributed by atoms with van der Waals surface area (Å²) < 4.78 is 11.0. The van der Waals surface area contributed by atoms with Gasteiger partial charge in [-0.1, -0.05) is 23.7 Å². The summed E-state index contributed by atoms with van der Waals surface area (Å²) in [4.78, 5) is 0. The minimum atomic E-state index is -0.470. The van der Waals surface area contributed by atoms with Crippen LogP contribution in [-0.2, 0) is 6.61 Å². The van der Waals surface area contributed by atoms with Crippen LogP contribution in [0.2, 0.25) is 5.02 Å². The van der Waals surface area contributed by atoms with E-state index in [2.05, 4.69) is 0 Å². The van der Waals surface area contributed by atoms with Gasteiger partial charge in [0.05, 0.1) is 6.10 Å². The molecule has 0 fully saturated rings. The molecule has 0 spiro atoms. The summed E-state index contributed by atoms with van der Waals surface area (Å²) in [6.07, 6.45) is -0.470. The van der Waals surface area contributed by atoms with Crippen molar-refractivity contribution in [1.29, 1.82) is 0 Å². The van der Waals surface area contributed by atoms with Gasteiger partial charge in [0.1, 0.15) is 24.7 Å². The number of aliphatic hydroxyl groups excluding tert-OH is 1. The second-order valence-corrected chi connectivity index (χ2v) is 4.98. The van der Waals surface area contributed by atoms with Crippen molar-refractivity contribution in [2.24, 2.45) is 0 Å². The average molecular weight is 293 g/mol. The van der Waals surface area contributed by atoms with Gasteiger partial charge in [-0.15, -0.1) is 0 Å². The molecule has 0 aliphatic heterocycles. The largest absolute Gasteiger partial charge is 0.491 e. The highest BCUT2D eigenvalue weighted by Crippen LogP contribution is 2.18. The van der Waals surface area contributed by atoms with Gasteiger partial charge in [0, 0.05) is 5.02 Å². The van der Waals surface area contributed by atoms with E-state index in [1.807, 2.05) is 36.4 Å². The molecular formula is C16H17ClO3. The molecule has 0 aliphatic rings. The lowest BCUT2D eigenvalue weighted by Crippen LogP contribution is -2.12. The maximum Gasteiger partial charge on any atom is 0.119 e. The van der Waals surface area contributed by atoms with Crippen molar-refractivity contribution < 1.29 is 14.6 Å². The highest BCUT2D eigenvalue weighted by molar-refractivity contribution is 6.30. The fraction of sp³-hybridized carbons (Fsp3) is 0.250. The molecule has 0 aromatic heterocycles. The SMILES string of the molecule is CC(O)COc1ccc(COc2ccc(Cl)cc2)cc1. The van der Waals surface area contributed by atoms with E-state index >= 15 is 0 Å². The third-order valence-electron chi connectivity index (χ3n) is 2.63. The van der Waals surface area contributed by atoms with Crippen molar-refractivity contribution in [3.8, 4) is 11.5 Å². The molecular weight excluding hydrogens is 276 g/mol. The standard InChI is InChI=1S/C16H17ClO3/c1-12(18)10-19-15-6-2-13(3-7-15)11-20-16-8-4-14(17)5-9-16/h2-9,12,18H,10-11H2,1H3. The third-order valence-corrected chi connectivity index (χ3v) is 2.89. The Kier molecular flexibility index (Phi) is 5.27. The van der Waals surface area contributed by atoms with Crippen LogP contribution < -0.4 is 9.47 Å². The summed E-state index contributed by atoms with van der Waals surface area (Å²) in [6, 6.07) is 14.9. The summed E-state index contributed by atoms with van der Waals surface area (Å²) in [7, 11) is 0. The van der Waals surface area contributed by atoms with Gasteiger partial charge in [0.2, 0.25) is 0 Å². The predicted molar refractivity (Wildman–Crippen MR) is 79.4 cm³/mol. The van der Waals surface area contributed by atoms with Crippen molar-refractivity contribution in [1.82, 2.24) is 0 Å². The Morgan fingerprint density at radius 1 is 0.950 bits per heavy atom. The molecule has 20 heavy (non-hydrogen) atoms. The number of halogens is 1. The molecule has 0 radical (unpaired) electrons. The topological polar surface area (TPSA) is 38.7 Å². The van der Waals surface area contributed by atoms with Crippen molar-refractivity contribution in [2.75, 3.05) is 6.61 Å². The first-order chi connectivity index (χ1) is 9.63. The normalized spacial score (nSPS) is 11.9. The third kappa shape index (κ3) is 4.76. The number of rotatable bonds is 6. The first-order valence-electron chi connectivity index (χ1n) is 6.41. The fourth-order valence-corrected chi connectivity index (χ4v) is 1.72. The molecule has 0 bridgehead atoms. The summed E-state index contributed by atoms with van der Waals surface area (Å²) >= 11 is 5.81. The Balaban J connectivity index is 1.85. The molecule has 0 heterocycles. The highest BCUT2D eigenvalue weighted by atomic mass is 35.5. The minimum absolute atomic E-state index is 0.292. The first-order valence-corrected chi connectivity index (χ1v) is 6.79. The van der Waals surface area contributed by atoms with Gasteiger partial charge in [0.15, 0.2) is 0 Å². The molecule has 1 atom stereocenters. The lowest BCUT2D eigenvalue weighted by molar-refractivity contribution is 0.122. The van der Waals surface area contributed by atoms with E-state index in [4.69, 9.17) is 26.2 Å². The molecule has 1 N–H and O–H groups in total. The second kappa shape index (κ2) is 7.17. The highest BCUT2D eigenvalue weighted by Gasteiger charge is 2.00. The van der Waals surface area contributed by atoms with Gasteiger partial charge in [-0.05, 0) is 48.9 Å². The lowest BCUT2D eigenvalue weighted by Gasteiger charge is -2.09. The lowest BCUT2D eigenvalue weighted by atomic mass is 10.2. The van der Waals surface area contributed by atoms with Crippen LogP contribution in [0.5, 0.6) is 11.5 Å². The van der Waals surface area contributed by atoms with E-state index < -0.39 is 6.10 Å². The monoisotopic (exact) mass is 292 g/mol.